The Morgan fingerprint density at radius 1 is 1.00 bits per heavy atom. The van der Waals surface area contributed by atoms with Crippen molar-refractivity contribution in [3.05, 3.63) is 23.8 Å². The molecule has 0 aliphatic carbocycles. The first kappa shape index (κ1) is 17.8. The first-order valence-electron chi connectivity index (χ1n) is 7.44. The number of benzene rings is 1. The van der Waals surface area contributed by atoms with Gasteiger partial charge in [0, 0.05) is 19.8 Å². The van der Waals surface area contributed by atoms with Crippen LogP contribution in [0.1, 0.15) is 31.9 Å². The lowest BCUT2D eigenvalue weighted by Crippen LogP contribution is -2.14. The molecule has 5 heteroatoms. The van der Waals surface area contributed by atoms with Crippen molar-refractivity contribution in [1.82, 2.24) is 0 Å². The van der Waals surface area contributed by atoms with E-state index in [0.717, 1.165) is 23.5 Å². The van der Waals surface area contributed by atoms with E-state index in [0.29, 0.717) is 33.0 Å². The average molecular weight is 297 g/mol. The lowest BCUT2D eigenvalue weighted by molar-refractivity contribution is 0.0672. The highest BCUT2D eigenvalue weighted by Gasteiger charge is 2.11. The fraction of sp³-hybridized carbons (Fsp3) is 0.625. The molecule has 0 saturated heterocycles. The van der Waals surface area contributed by atoms with E-state index in [9.17, 15) is 0 Å². The van der Waals surface area contributed by atoms with Gasteiger partial charge in [-0.15, -0.1) is 0 Å². The maximum atomic E-state index is 6.19. The van der Waals surface area contributed by atoms with Crippen LogP contribution in [0.25, 0.3) is 0 Å². The topological polar surface area (TPSA) is 62.9 Å². The summed E-state index contributed by atoms with van der Waals surface area (Å²) in [5, 5.41) is 0. The van der Waals surface area contributed by atoms with Gasteiger partial charge in [0.15, 0.2) is 11.5 Å². The third-order valence-electron chi connectivity index (χ3n) is 3.00. The van der Waals surface area contributed by atoms with Crippen molar-refractivity contribution in [3.8, 4) is 11.5 Å². The summed E-state index contributed by atoms with van der Waals surface area (Å²) in [5.41, 5.74) is 7.22. The largest absolute Gasteiger partial charge is 0.490 e. The van der Waals surface area contributed by atoms with Crippen molar-refractivity contribution in [2.45, 2.75) is 26.3 Å². The molecule has 1 unspecified atom stereocenters. The van der Waals surface area contributed by atoms with Crippen molar-refractivity contribution in [2.75, 3.05) is 40.1 Å². The van der Waals surface area contributed by atoms with Gasteiger partial charge < -0.3 is 24.7 Å². The summed E-state index contributed by atoms with van der Waals surface area (Å²) in [6.07, 6.45) is 0.753. The zero-order valence-corrected chi connectivity index (χ0v) is 13.3. The summed E-state index contributed by atoms with van der Waals surface area (Å²) in [4.78, 5) is 0. The van der Waals surface area contributed by atoms with Crippen LogP contribution in [0, 0.1) is 0 Å². The van der Waals surface area contributed by atoms with E-state index in [4.69, 9.17) is 24.7 Å². The molecule has 1 aromatic carbocycles. The zero-order valence-electron chi connectivity index (χ0n) is 13.3. The lowest BCUT2D eigenvalue weighted by Gasteiger charge is -2.16. The smallest absolute Gasteiger partial charge is 0.161 e. The van der Waals surface area contributed by atoms with Gasteiger partial charge in [0.2, 0.25) is 0 Å². The predicted octanol–water partition coefficient (Wildman–Crippen LogP) is 2.54. The van der Waals surface area contributed by atoms with Crippen LogP contribution < -0.4 is 15.2 Å². The first-order valence-corrected chi connectivity index (χ1v) is 7.44. The van der Waals surface area contributed by atoms with E-state index in [1.165, 1.54) is 0 Å². The van der Waals surface area contributed by atoms with Gasteiger partial charge in [-0.1, -0.05) is 6.07 Å². The highest BCUT2D eigenvalue weighted by molar-refractivity contribution is 5.43. The predicted molar refractivity (Wildman–Crippen MR) is 83.0 cm³/mol. The second-order valence-electron chi connectivity index (χ2n) is 4.57. The third-order valence-corrected chi connectivity index (χ3v) is 3.00. The number of methoxy groups -OCH3 is 1. The van der Waals surface area contributed by atoms with Crippen LogP contribution in [0.5, 0.6) is 11.5 Å². The number of hydrogen-bond donors (Lipinski definition) is 1. The number of rotatable bonds is 11. The van der Waals surface area contributed by atoms with Gasteiger partial charge in [0.05, 0.1) is 26.4 Å². The molecule has 0 amide bonds. The van der Waals surface area contributed by atoms with Crippen molar-refractivity contribution >= 4 is 0 Å². The summed E-state index contributed by atoms with van der Waals surface area (Å²) in [7, 11) is 1.66. The average Bonchev–Trinajstić information content (AvgIpc) is 2.49. The maximum absolute atomic E-state index is 6.19. The molecule has 0 aliphatic heterocycles. The highest BCUT2D eigenvalue weighted by atomic mass is 16.5. The lowest BCUT2D eigenvalue weighted by atomic mass is 10.0. The molecule has 1 rings (SSSR count). The molecular formula is C16H27NO4. The van der Waals surface area contributed by atoms with Gasteiger partial charge in [0.1, 0.15) is 0 Å². The quantitative estimate of drug-likeness (QED) is 0.636. The van der Waals surface area contributed by atoms with Crippen molar-refractivity contribution in [2.24, 2.45) is 5.73 Å². The van der Waals surface area contributed by atoms with Crippen LogP contribution >= 0.6 is 0 Å². The van der Waals surface area contributed by atoms with Crippen LogP contribution in [-0.2, 0) is 9.47 Å². The van der Waals surface area contributed by atoms with Crippen LogP contribution in [0.15, 0.2) is 18.2 Å². The minimum absolute atomic E-state index is 0.0811. The van der Waals surface area contributed by atoms with E-state index in [-0.39, 0.29) is 6.04 Å². The van der Waals surface area contributed by atoms with Gasteiger partial charge in [0.25, 0.3) is 0 Å². The number of ether oxygens (including phenoxy) is 4. The zero-order chi connectivity index (χ0) is 15.5. The van der Waals surface area contributed by atoms with Gasteiger partial charge in [-0.25, -0.2) is 0 Å². The molecule has 0 aliphatic rings. The van der Waals surface area contributed by atoms with E-state index >= 15 is 0 Å². The molecule has 0 aromatic heterocycles. The summed E-state index contributed by atoms with van der Waals surface area (Å²) >= 11 is 0. The molecule has 0 radical (unpaired) electrons. The van der Waals surface area contributed by atoms with Crippen LogP contribution in [0.2, 0.25) is 0 Å². The van der Waals surface area contributed by atoms with Crippen LogP contribution in [-0.4, -0.2) is 40.1 Å². The molecule has 21 heavy (non-hydrogen) atoms. The van der Waals surface area contributed by atoms with Gasteiger partial charge >= 0.3 is 0 Å². The Kier molecular flexibility index (Phi) is 8.82. The highest BCUT2D eigenvalue weighted by Crippen LogP contribution is 2.30. The summed E-state index contributed by atoms with van der Waals surface area (Å²) in [5.74, 6) is 1.50. The Balaban J connectivity index is 2.58. The van der Waals surface area contributed by atoms with E-state index in [1.807, 2.05) is 32.0 Å². The Hall–Kier alpha value is -1.30. The minimum atomic E-state index is -0.0811. The van der Waals surface area contributed by atoms with Crippen molar-refractivity contribution < 1.29 is 18.9 Å². The molecular weight excluding hydrogens is 270 g/mol. The SMILES string of the molecule is CCOc1ccc(C(N)CCOCCOC)cc1OCC. The van der Waals surface area contributed by atoms with E-state index < -0.39 is 0 Å². The minimum Gasteiger partial charge on any atom is -0.490 e. The third kappa shape index (κ3) is 6.33. The Labute approximate surface area is 127 Å². The fourth-order valence-corrected chi connectivity index (χ4v) is 1.92. The second-order valence-corrected chi connectivity index (χ2v) is 4.57. The number of hydrogen-bond acceptors (Lipinski definition) is 5. The monoisotopic (exact) mass is 297 g/mol. The molecule has 1 aromatic rings. The summed E-state index contributed by atoms with van der Waals surface area (Å²) in [6.45, 7) is 6.92. The molecule has 0 bridgehead atoms. The standard InChI is InChI=1S/C16H27NO4/c1-4-20-15-7-6-13(12-16(15)21-5-2)14(17)8-9-19-11-10-18-3/h6-7,12,14H,4-5,8-11,17H2,1-3H3. The van der Waals surface area contributed by atoms with E-state index in [1.54, 1.807) is 7.11 Å². The summed E-state index contributed by atoms with van der Waals surface area (Å²) in [6, 6.07) is 5.76. The normalized spacial score (nSPS) is 12.2. The Morgan fingerprint density at radius 3 is 2.38 bits per heavy atom. The van der Waals surface area contributed by atoms with Crippen LogP contribution in [0.3, 0.4) is 0 Å². The molecule has 0 saturated carbocycles. The Bertz CT molecular complexity index is 398. The molecule has 120 valence electrons. The van der Waals surface area contributed by atoms with E-state index in [2.05, 4.69) is 0 Å². The Morgan fingerprint density at radius 2 is 1.71 bits per heavy atom. The molecule has 1 atom stereocenters. The summed E-state index contributed by atoms with van der Waals surface area (Å²) < 4.78 is 21.5. The van der Waals surface area contributed by atoms with Crippen molar-refractivity contribution in [1.29, 1.82) is 0 Å². The molecule has 0 fully saturated rings. The number of nitrogens with two attached hydrogens (primary N) is 1. The molecule has 5 nitrogen and oxygen atoms in total. The van der Waals surface area contributed by atoms with Gasteiger partial charge in [-0.2, -0.15) is 0 Å². The maximum Gasteiger partial charge on any atom is 0.161 e. The van der Waals surface area contributed by atoms with Gasteiger partial charge in [-0.05, 0) is 38.0 Å². The molecule has 0 heterocycles. The molecule has 2 N–H and O–H groups in total. The fourth-order valence-electron chi connectivity index (χ4n) is 1.92. The van der Waals surface area contributed by atoms with Crippen LogP contribution in [0.4, 0.5) is 0 Å². The second kappa shape index (κ2) is 10.4. The van der Waals surface area contributed by atoms with Crippen molar-refractivity contribution in [3.63, 3.8) is 0 Å². The van der Waals surface area contributed by atoms with Gasteiger partial charge in [-0.3, -0.25) is 0 Å². The molecule has 0 spiro atoms. The first-order chi connectivity index (χ1) is 10.2.